The summed E-state index contributed by atoms with van der Waals surface area (Å²) in [6.45, 7) is 10.8. The van der Waals surface area contributed by atoms with Crippen LogP contribution in [0.3, 0.4) is 0 Å². The van der Waals surface area contributed by atoms with Crippen LogP contribution in [0.25, 0.3) is 94.3 Å². The van der Waals surface area contributed by atoms with E-state index >= 15 is 0 Å². The van der Waals surface area contributed by atoms with E-state index in [1.807, 2.05) is 193 Å². The van der Waals surface area contributed by atoms with E-state index < -0.39 is 30.4 Å². The Hall–Kier alpha value is -6.91. The molecule has 0 fully saturated rings. The number of para-hydroxylation sites is 3. The number of benzene rings is 8. The van der Waals surface area contributed by atoms with Crippen molar-refractivity contribution in [2.75, 3.05) is 0 Å². The van der Waals surface area contributed by atoms with Gasteiger partial charge >= 0.3 is 0 Å². The third-order valence-electron chi connectivity index (χ3n) is 12.3. The maximum absolute atomic E-state index is 8.98. The number of nitrogens with zero attached hydrogens (tertiary/aromatic N) is 3. The number of hydrogen-bond acceptors (Lipinski definition) is 3. The summed E-state index contributed by atoms with van der Waals surface area (Å²) in [6, 6.07) is 61.3. The molecule has 3 heterocycles. The normalized spacial score (nSPS) is 13.9. The minimum Gasteiger partial charge on any atom is -0.500 e. The molecule has 1 radical (unpaired) electrons. The number of fused-ring (bicyclic) bond motifs is 6. The number of pyridine rings is 1. The van der Waals surface area contributed by atoms with E-state index in [1.165, 1.54) is 0 Å². The molecule has 8 aromatic carbocycles. The number of furan rings is 1. The van der Waals surface area contributed by atoms with Crippen LogP contribution in [0.1, 0.15) is 92.1 Å². The number of rotatable bonds is 8. The van der Waals surface area contributed by atoms with Gasteiger partial charge in [-0.1, -0.05) is 199 Å². The average Bonchev–Trinajstić information content (AvgIpc) is 4.02. The number of hydrogen-bond donors (Lipinski definition) is 0. The van der Waals surface area contributed by atoms with Crippen molar-refractivity contribution >= 4 is 43.7 Å². The number of aromatic nitrogens is 3. The molecule has 5 heteroatoms. The number of aryl methyl sites for hydroxylation is 1. The van der Waals surface area contributed by atoms with Gasteiger partial charge in [-0.2, -0.15) is 0 Å². The van der Waals surface area contributed by atoms with Gasteiger partial charge in [0.15, 0.2) is 0 Å². The first kappa shape index (κ1) is 39.0. The minimum atomic E-state index is -2.31. The summed E-state index contributed by atoms with van der Waals surface area (Å²) in [5.74, 6) is -1.33. The molecule has 0 saturated heterocycles. The summed E-state index contributed by atoms with van der Waals surface area (Å²) in [5, 5.41) is 4.37. The predicted molar refractivity (Wildman–Crippen MR) is 286 cm³/mol. The van der Waals surface area contributed by atoms with Gasteiger partial charge in [-0.25, -0.2) is 0 Å². The van der Waals surface area contributed by atoms with Crippen molar-refractivity contribution in [3.8, 4) is 50.6 Å². The first-order chi connectivity index (χ1) is 35.5. The maximum Gasteiger partial charge on any atom is 0.128 e. The van der Waals surface area contributed by atoms with Crippen LogP contribution in [0.2, 0.25) is 0 Å². The van der Waals surface area contributed by atoms with Crippen LogP contribution in [0.15, 0.2) is 180 Å². The Morgan fingerprint density at radius 2 is 1.39 bits per heavy atom. The number of imidazole rings is 1. The third-order valence-corrected chi connectivity index (χ3v) is 12.3. The first-order valence-electron chi connectivity index (χ1n) is 26.6. The molecule has 0 amide bonds. The molecule has 0 aliphatic heterocycles. The third kappa shape index (κ3) is 9.47. The zero-order chi connectivity index (χ0) is 53.2. The molecular weight excluding hydrogens is 1020 g/mol. The van der Waals surface area contributed by atoms with Gasteiger partial charge in [-0.15, -0.1) is 47.5 Å². The van der Waals surface area contributed by atoms with Gasteiger partial charge in [0, 0.05) is 52.4 Å². The monoisotopic (exact) mass is 1080 g/mol. The molecule has 4 nitrogen and oxygen atoms in total. The zero-order valence-electron chi connectivity index (χ0n) is 46.8. The molecule has 69 heavy (non-hydrogen) atoms. The summed E-state index contributed by atoms with van der Waals surface area (Å²) in [5.41, 5.74) is 11.6. The summed E-state index contributed by atoms with van der Waals surface area (Å²) >= 11 is 0. The fraction of sp³-hybridized carbons (Fsp3) is 0.188. The van der Waals surface area contributed by atoms with Gasteiger partial charge in [0.25, 0.3) is 0 Å². The first-order valence-corrected chi connectivity index (χ1v) is 23.1. The average molecular weight is 1080 g/mol. The van der Waals surface area contributed by atoms with Crippen molar-refractivity contribution in [1.29, 1.82) is 0 Å². The molecule has 0 spiro atoms. The standard InChI is InChI=1S/C32H31N2.C32H26NO.Ir/c1-21(2)26-14-11-15-27(22(3)4)31(26)34-30-17-10-9-16-29(30)33-32(34)25-19-18-23(5)28(20-25)24-12-7-6-8-13-24;1-32(2,3)20-21-11-13-22(14-12-21)24-17-18-33-29(19-24)28-10-6-9-26-27-16-15-23-7-4-5-8-25(23)30(27)34-31(26)28;/h6-18,20-22H,1-5H3;4-9,11-19H,20H2,1-3H3;/q2*-1;/i5D3,21D,22D;20D2;. The van der Waals surface area contributed by atoms with Gasteiger partial charge in [-0.05, 0) is 86.2 Å². The van der Waals surface area contributed by atoms with E-state index in [1.54, 1.807) is 12.3 Å². The van der Waals surface area contributed by atoms with E-state index in [0.29, 0.717) is 22.5 Å². The van der Waals surface area contributed by atoms with E-state index in [0.717, 1.165) is 88.5 Å². The predicted octanol–water partition coefficient (Wildman–Crippen LogP) is 17.6. The van der Waals surface area contributed by atoms with Crippen molar-refractivity contribution in [3.05, 3.63) is 210 Å². The van der Waals surface area contributed by atoms with E-state index in [2.05, 4.69) is 41.4 Å². The molecule has 11 rings (SSSR count). The Labute approximate surface area is 430 Å². The van der Waals surface area contributed by atoms with E-state index in [4.69, 9.17) is 19.0 Å². The topological polar surface area (TPSA) is 43.9 Å². The fourth-order valence-electron chi connectivity index (χ4n) is 9.09. The van der Waals surface area contributed by atoms with Crippen LogP contribution in [-0.4, -0.2) is 14.5 Å². The zero-order valence-corrected chi connectivity index (χ0v) is 42.2. The Morgan fingerprint density at radius 3 is 2.13 bits per heavy atom. The fourth-order valence-corrected chi connectivity index (χ4v) is 9.09. The van der Waals surface area contributed by atoms with Crippen molar-refractivity contribution < 1.29 is 34.1 Å². The summed E-state index contributed by atoms with van der Waals surface area (Å²) in [6.07, 6.45) is 0.378. The summed E-state index contributed by atoms with van der Waals surface area (Å²) in [7, 11) is 0. The van der Waals surface area contributed by atoms with E-state index in [-0.39, 0.29) is 25.7 Å². The molecular formula is C64H57IrN3O-2. The van der Waals surface area contributed by atoms with Gasteiger partial charge < -0.3 is 14.0 Å². The van der Waals surface area contributed by atoms with Crippen LogP contribution in [0, 0.1) is 24.4 Å². The summed E-state index contributed by atoms with van der Waals surface area (Å²) in [4.78, 5) is 9.66. The van der Waals surface area contributed by atoms with Gasteiger partial charge in [0.05, 0.1) is 22.4 Å². The molecule has 0 bridgehead atoms. The molecule has 0 unspecified atom stereocenters. The molecule has 0 atom stereocenters. The van der Waals surface area contributed by atoms with Crippen LogP contribution in [0.4, 0.5) is 0 Å². The summed E-state index contributed by atoms with van der Waals surface area (Å²) < 4.78 is 68.0. The van der Waals surface area contributed by atoms with Crippen LogP contribution in [-0.2, 0) is 26.5 Å². The molecule has 345 valence electrons. The Balaban J connectivity index is 0.000000184. The van der Waals surface area contributed by atoms with Crippen LogP contribution in [0.5, 0.6) is 0 Å². The van der Waals surface area contributed by atoms with Gasteiger partial charge in [-0.3, -0.25) is 4.98 Å². The molecule has 0 aliphatic carbocycles. The van der Waals surface area contributed by atoms with E-state index in [9.17, 15) is 0 Å². The molecule has 0 saturated carbocycles. The Morgan fingerprint density at radius 1 is 0.681 bits per heavy atom. The van der Waals surface area contributed by atoms with Crippen molar-refractivity contribution in [1.82, 2.24) is 14.5 Å². The van der Waals surface area contributed by atoms with Crippen LogP contribution >= 0.6 is 0 Å². The SMILES string of the molecule is [2H]C([2H])([2H])c1c[c-]c(-c2nc3ccccc3n2-c2c(C([2H])(C)C)cccc2C([2H])(C)C)cc1-c1ccccc1.[2H]C([2H])(c1ccc(-c2ccnc(-c3[c-]ccc4c3oc3c5ccccc5ccc43)c2)cc1)C(C)(C)C.[Ir]. The Bertz CT molecular complexity index is 3880. The van der Waals surface area contributed by atoms with Gasteiger partial charge in [0.2, 0.25) is 0 Å². The van der Waals surface area contributed by atoms with Crippen LogP contribution < -0.4 is 0 Å². The van der Waals surface area contributed by atoms with Gasteiger partial charge in [0.1, 0.15) is 5.58 Å². The Kier molecular flexibility index (Phi) is 11.1. The molecule has 11 aromatic rings. The molecule has 0 aliphatic rings. The largest absolute Gasteiger partial charge is 0.500 e. The van der Waals surface area contributed by atoms with Crippen molar-refractivity contribution in [2.24, 2.45) is 5.41 Å². The molecule has 3 aromatic heterocycles. The second kappa shape index (κ2) is 19.6. The van der Waals surface area contributed by atoms with Crippen molar-refractivity contribution in [2.45, 2.75) is 73.5 Å². The smallest absolute Gasteiger partial charge is 0.128 e. The quantitative estimate of drug-likeness (QED) is 0.142. The molecule has 0 N–H and O–H groups in total. The minimum absolute atomic E-state index is 0. The van der Waals surface area contributed by atoms with Crippen molar-refractivity contribution in [3.63, 3.8) is 0 Å². The second-order valence-electron chi connectivity index (χ2n) is 18.7. The second-order valence-corrected chi connectivity index (χ2v) is 18.7. The maximum atomic E-state index is 8.98.